The number of hydrogen-bond donors (Lipinski definition) is 3. The number of benzene rings is 1. The van der Waals surface area contributed by atoms with Gasteiger partial charge in [0.1, 0.15) is 0 Å². The van der Waals surface area contributed by atoms with Crippen LogP contribution in [0.4, 0.5) is 5.69 Å². The molecule has 0 radical (unpaired) electrons. The molecule has 1 aliphatic carbocycles. The van der Waals surface area contributed by atoms with Crippen LogP contribution in [0.3, 0.4) is 0 Å². The number of amides is 1. The number of rotatable bonds is 5. The zero-order valence-electron chi connectivity index (χ0n) is 14.4. The molecule has 24 heavy (non-hydrogen) atoms. The Labute approximate surface area is 143 Å². The van der Waals surface area contributed by atoms with Crippen molar-refractivity contribution in [3.05, 3.63) is 36.8 Å². The van der Waals surface area contributed by atoms with Crippen molar-refractivity contribution in [2.45, 2.75) is 51.6 Å². The predicted molar refractivity (Wildman–Crippen MR) is 96.7 cm³/mol. The number of carbonyl (C=O) groups is 1. The molecule has 1 saturated carbocycles. The topological polar surface area (TPSA) is 69.8 Å². The summed E-state index contributed by atoms with van der Waals surface area (Å²) >= 11 is 0. The molecule has 3 rings (SSSR count). The molecule has 1 aromatic heterocycles. The summed E-state index contributed by atoms with van der Waals surface area (Å²) in [4.78, 5) is 19.5. The molecular weight excluding hydrogens is 300 g/mol. The first-order valence-corrected chi connectivity index (χ1v) is 8.79. The Hall–Kier alpha value is -2.14. The van der Waals surface area contributed by atoms with Crippen molar-refractivity contribution in [2.24, 2.45) is 5.92 Å². The van der Waals surface area contributed by atoms with Crippen molar-refractivity contribution >= 4 is 11.6 Å². The molecule has 128 valence electrons. The molecule has 1 amide bonds. The summed E-state index contributed by atoms with van der Waals surface area (Å²) in [6, 6.07) is 8.05. The van der Waals surface area contributed by atoms with Gasteiger partial charge in [0.05, 0.1) is 24.3 Å². The molecule has 3 atom stereocenters. The van der Waals surface area contributed by atoms with Gasteiger partial charge in [0.15, 0.2) is 0 Å². The largest absolute Gasteiger partial charge is 0.345 e. The fourth-order valence-corrected chi connectivity index (χ4v) is 3.36. The van der Waals surface area contributed by atoms with E-state index in [0.717, 1.165) is 23.4 Å². The Morgan fingerprint density at radius 2 is 2.00 bits per heavy atom. The van der Waals surface area contributed by atoms with Crippen LogP contribution in [0.5, 0.6) is 0 Å². The van der Waals surface area contributed by atoms with E-state index in [4.69, 9.17) is 0 Å². The predicted octanol–water partition coefficient (Wildman–Crippen LogP) is 3.57. The lowest BCUT2D eigenvalue weighted by molar-refractivity contribution is -0.118. The molecule has 3 N–H and O–H groups in total. The third kappa shape index (κ3) is 4.03. The van der Waals surface area contributed by atoms with Crippen LogP contribution in [-0.4, -0.2) is 28.0 Å². The fourth-order valence-electron chi connectivity index (χ4n) is 3.36. The molecule has 1 aromatic carbocycles. The van der Waals surface area contributed by atoms with Crippen molar-refractivity contribution in [2.75, 3.05) is 5.32 Å². The smallest absolute Gasteiger partial charge is 0.241 e. The van der Waals surface area contributed by atoms with Gasteiger partial charge in [-0.15, -0.1) is 0 Å². The molecule has 5 heteroatoms. The van der Waals surface area contributed by atoms with Crippen LogP contribution >= 0.6 is 0 Å². The maximum Gasteiger partial charge on any atom is 0.241 e. The van der Waals surface area contributed by atoms with E-state index in [1.165, 1.54) is 19.3 Å². The summed E-state index contributed by atoms with van der Waals surface area (Å²) in [6.45, 7) is 4.21. The molecular formula is C19H26N4O. The summed E-state index contributed by atoms with van der Waals surface area (Å²) in [6.07, 6.45) is 8.42. The van der Waals surface area contributed by atoms with E-state index < -0.39 is 0 Å². The minimum Gasteiger partial charge on any atom is -0.345 e. The molecule has 1 fully saturated rings. The monoisotopic (exact) mass is 326 g/mol. The number of aromatic amines is 1. The van der Waals surface area contributed by atoms with Crippen molar-refractivity contribution in [3.8, 4) is 11.3 Å². The van der Waals surface area contributed by atoms with Crippen molar-refractivity contribution in [3.63, 3.8) is 0 Å². The fraction of sp³-hybridized carbons (Fsp3) is 0.474. The maximum atomic E-state index is 12.4. The van der Waals surface area contributed by atoms with Crippen LogP contribution in [0.25, 0.3) is 11.3 Å². The molecule has 3 unspecified atom stereocenters. The van der Waals surface area contributed by atoms with Gasteiger partial charge in [0.25, 0.3) is 0 Å². The van der Waals surface area contributed by atoms with Gasteiger partial charge in [0.2, 0.25) is 5.91 Å². The number of imidazole rings is 1. The SMILES string of the molecule is CC(NC1CCCCC1C)C(=O)Nc1ccc(-c2cnc[nH]2)cc1. The number of anilines is 1. The Bertz CT molecular complexity index is 651. The molecule has 2 aromatic rings. The first-order valence-electron chi connectivity index (χ1n) is 8.79. The van der Waals surface area contributed by atoms with Gasteiger partial charge in [0, 0.05) is 11.7 Å². The summed E-state index contributed by atoms with van der Waals surface area (Å²) in [5.41, 5.74) is 2.83. The van der Waals surface area contributed by atoms with Crippen LogP contribution in [0.2, 0.25) is 0 Å². The summed E-state index contributed by atoms with van der Waals surface area (Å²) < 4.78 is 0. The van der Waals surface area contributed by atoms with E-state index in [-0.39, 0.29) is 11.9 Å². The number of hydrogen-bond acceptors (Lipinski definition) is 3. The Morgan fingerprint density at radius 1 is 1.25 bits per heavy atom. The van der Waals surface area contributed by atoms with Gasteiger partial charge in [-0.2, -0.15) is 0 Å². The average Bonchev–Trinajstić information content (AvgIpc) is 3.12. The van der Waals surface area contributed by atoms with Crippen LogP contribution < -0.4 is 10.6 Å². The molecule has 1 aliphatic rings. The third-order valence-corrected chi connectivity index (χ3v) is 4.93. The van der Waals surface area contributed by atoms with Crippen LogP contribution in [0.1, 0.15) is 39.5 Å². The van der Waals surface area contributed by atoms with E-state index >= 15 is 0 Å². The van der Waals surface area contributed by atoms with Crippen LogP contribution in [0.15, 0.2) is 36.8 Å². The molecule has 5 nitrogen and oxygen atoms in total. The number of carbonyl (C=O) groups excluding carboxylic acids is 1. The van der Waals surface area contributed by atoms with E-state index in [1.54, 1.807) is 12.5 Å². The van der Waals surface area contributed by atoms with Crippen molar-refractivity contribution < 1.29 is 4.79 Å². The lowest BCUT2D eigenvalue weighted by atomic mass is 9.85. The number of aromatic nitrogens is 2. The first kappa shape index (κ1) is 16.7. The van der Waals surface area contributed by atoms with Gasteiger partial charge < -0.3 is 15.6 Å². The summed E-state index contributed by atoms with van der Waals surface area (Å²) in [7, 11) is 0. The number of H-pyrrole nitrogens is 1. The summed E-state index contributed by atoms with van der Waals surface area (Å²) in [5, 5.41) is 6.49. The second-order valence-electron chi connectivity index (χ2n) is 6.79. The van der Waals surface area contributed by atoms with Crippen molar-refractivity contribution in [1.82, 2.24) is 15.3 Å². The highest BCUT2D eigenvalue weighted by atomic mass is 16.2. The first-order chi connectivity index (χ1) is 11.6. The zero-order chi connectivity index (χ0) is 16.9. The van der Waals surface area contributed by atoms with Gasteiger partial charge in [-0.25, -0.2) is 4.98 Å². The Morgan fingerprint density at radius 3 is 2.67 bits per heavy atom. The number of nitrogens with zero attached hydrogens (tertiary/aromatic N) is 1. The van der Waals surface area contributed by atoms with Gasteiger partial charge in [-0.1, -0.05) is 31.9 Å². The average molecular weight is 326 g/mol. The number of nitrogens with one attached hydrogen (secondary N) is 3. The highest BCUT2D eigenvalue weighted by molar-refractivity contribution is 5.94. The zero-order valence-corrected chi connectivity index (χ0v) is 14.4. The molecule has 1 heterocycles. The lowest BCUT2D eigenvalue weighted by Gasteiger charge is -2.31. The van der Waals surface area contributed by atoms with Gasteiger partial charge in [-0.3, -0.25) is 4.79 Å². The Kier molecular flexibility index (Phi) is 5.30. The second-order valence-corrected chi connectivity index (χ2v) is 6.79. The minimum atomic E-state index is -0.192. The standard InChI is InChI=1S/C19H26N4O/c1-13-5-3-4-6-17(13)22-14(2)19(24)23-16-9-7-15(8-10-16)18-11-20-12-21-18/h7-14,17,22H,3-6H2,1-2H3,(H,20,21)(H,23,24). The molecule has 0 aliphatic heterocycles. The van der Waals surface area contributed by atoms with E-state index in [9.17, 15) is 4.79 Å². The maximum absolute atomic E-state index is 12.4. The van der Waals surface area contributed by atoms with Gasteiger partial charge >= 0.3 is 0 Å². The van der Waals surface area contributed by atoms with E-state index in [2.05, 4.69) is 27.5 Å². The molecule has 0 spiro atoms. The minimum absolute atomic E-state index is 0.0158. The molecule has 0 saturated heterocycles. The highest BCUT2D eigenvalue weighted by Gasteiger charge is 2.24. The Balaban J connectivity index is 1.55. The highest BCUT2D eigenvalue weighted by Crippen LogP contribution is 2.24. The molecule has 0 bridgehead atoms. The second kappa shape index (κ2) is 7.62. The third-order valence-electron chi connectivity index (χ3n) is 4.93. The van der Waals surface area contributed by atoms with E-state index in [1.807, 2.05) is 31.2 Å². The normalized spacial score (nSPS) is 22.1. The van der Waals surface area contributed by atoms with E-state index in [0.29, 0.717) is 12.0 Å². The van der Waals surface area contributed by atoms with Crippen LogP contribution in [0, 0.1) is 5.92 Å². The van der Waals surface area contributed by atoms with Gasteiger partial charge in [-0.05, 0) is 43.4 Å². The van der Waals surface area contributed by atoms with Crippen LogP contribution in [-0.2, 0) is 4.79 Å². The quantitative estimate of drug-likeness (QED) is 0.786. The lowest BCUT2D eigenvalue weighted by Crippen LogP contribution is -2.47. The van der Waals surface area contributed by atoms with Crippen molar-refractivity contribution in [1.29, 1.82) is 0 Å². The summed E-state index contributed by atoms with van der Waals surface area (Å²) in [5.74, 6) is 0.657.